The first-order valence-corrected chi connectivity index (χ1v) is 19.2. The van der Waals surface area contributed by atoms with Crippen molar-refractivity contribution in [3.05, 3.63) is 0 Å². The Balaban J connectivity index is 4.05. The van der Waals surface area contributed by atoms with Gasteiger partial charge in [-0.1, -0.05) is 155 Å². The summed E-state index contributed by atoms with van der Waals surface area (Å²) in [6.45, 7) is 11.3. The molecule has 0 saturated carbocycles. The van der Waals surface area contributed by atoms with E-state index in [4.69, 9.17) is 9.26 Å². The maximum Gasteiger partial charge on any atom is 0.248 e. The summed E-state index contributed by atoms with van der Waals surface area (Å²) in [7, 11) is -0.676. The van der Waals surface area contributed by atoms with E-state index in [2.05, 4.69) is 25.4 Å². The van der Waals surface area contributed by atoms with Gasteiger partial charge in [0.15, 0.2) is 0 Å². The van der Waals surface area contributed by atoms with E-state index in [1.165, 1.54) is 141 Å². The second-order valence-electron chi connectivity index (χ2n) is 11.7. The number of rotatable bonds is 32. The van der Waals surface area contributed by atoms with Crippen LogP contribution in [0.3, 0.4) is 0 Å². The summed E-state index contributed by atoms with van der Waals surface area (Å²) in [5.41, 5.74) is 0. The van der Waals surface area contributed by atoms with Crippen LogP contribution in [0.5, 0.6) is 0 Å². The maximum atomic E-state index is 13.0. The highest BCUT2D eigenvalue weighted by atomic mass is 31.1. The van der Waals surface area contributed by atoms with Crippen molar-refractivity contribution < 1.29 is 14.1 Å². The van der Waals surface area contributed by atoms with Gasteiger partial charge in [-0.15, -0.1) is 0 Å². The molecule has 0 aromatic rings. The molecule has 0 radical (unpaired) electrons. The van der Waals surface area contributed by atoms with Gasteiger partial charge in [-0.25, -0.2) is 0 Å². The molecule has 234 valence electrons. The highest BCUT2D eigenvalue weighted by molar-refractivity contribution is 7.51. The van der Waals surface area contributed by atoms with Crippen LogP contribution in [0, 0.1) is 0 Å². The highest BCUT2D eigenvalue weighted by Crippen LogP contribution is 2.31. The van der Waals surface area contributed by atoms with Crippen molar-refractivity contribution >= 4 is 14.1 Å². The molecule has 1 unspecified atom stereocenters. The van der Waals surface area contributed by atoms with Gasteiger partial charge in [0.1, 0.15) is 6.61 Å². The van der Waals surface area contributed by atoms with E-state index in [1.807, 2.05) is 6.92 Å². The minimum absolute atomic E-state index is 0.173. The van der Waals surface area contributed by atoms with Gasteiger partial charge in [0.05, 0.1) is 14.5 Å². The third-order valence-electron chi connectivity index (χ3n) is 7.80. The molecule has 0 spiro atoms. The first kappa shape index (κ1) is 38.8. The third-order valence-corrected chi connectivity index (χ3v) is 8.92. The third kappa shape index (κ3) is 29.1. The zero-order valence-corrected chi connectivity index (χ0v) is 28.0. The summed E-state index contributed by atoms with van der Waals surface area (Å²) in [5, 5.41) is 0. The summed E-state index contributed by atoms with van der Waals surface area (Å²) >= 11 is 0. The Kier molecular flexibility index (Phi) is 32.2. The van der Waals surface area contributed by atoms with Crippen LogP contribution >= 0.6 is 8.15 Å². The van der Waals surface area contributed by atoms with E-state index in [9.17, 15) is 4.79 Å². The fourth-order valence-corrected chi connectivity index (χ4v) is 6.01. The zero-order chi connectivity index (χ0) is 28.7. The smallest absolute Gasteiger partial charge is 0.248 e. The molecule has 1 atom stereocenters. The number of hydrogen-bond acceptors (Lipinski definition) is 3. The van der Waals surface area contributed by atoms with E-state index in [1.54, 1.807) is 0 Å². The number of nitrogens with zero attached hydrogens (tertiary/aromatic N) is 1. The van der Waals surface area contributed by atoms with Gasteiger partial charge >= 0.3 is 0 Å². The molecule has 0 aliphatic heterocycles. The summed E-state index contributed by atoms with van der Waals surface area (Å²) in [5.74, 6) is 0.173. The van der Waals surface area contributed by atoms with Gasteiger partial charge < -0.3 is 14.2 Å². The second-order valence-corrected chi connectivity index (χ2v) is 13.5. The van der Waals surface area contributed by atoms with Crippen molar-refractivity contribution in [1.29, 1.82) is 0 Å². The van der Waals surface area contributed by atoms with E-state index in [-0.39, 0.29) is 12.5 Å². The van der Waals surface area contributed by atoms with Crippen LogP contribution < -0.4 is 0 Å². The molecular weight excluding hydrogens is 501 g/mol. The normalized spacial score (nSPS) is 12.2. The molecule has 0 aliphatic rings. The Labute approximate surface area is 247 Å². The minimum Gasteiger partial charge on any atom is -0.375 e. The van der Waals surface area contributed by atoms with Crippen LogP contribution in [0.25, 0.3) is 0 Å². The number of carbonyl (C=O) groups excluding carboxylic acids is 1. The van der Waals surface area contributed by atoms with E-state index < -0.39 is 8.15 Å². The lowest BCUT2D eigenvalue weighted by Gasteiger charge is -2.24. The van der Waals surface area contributed by atoms with Gasteiger partial charge in [0, 0.05) is 19.7 Å². The molecule has 0 rings (SSSR count). The topological polar surface area (TPSA) is 38.8 Å². The van der Waals surface area contributed by atoms with Crippen molar-refractivity contribution in [3.63, 3.8) is 0 Å². The van der Waals surface area contributed by atoms with Crippen LogP contribution in [0.1, 0.15) is 175 Å². The van der Waals surface area contributed by atoms with Crippen LogP contribution in [0.4, 0.5) is 0 Å². The van der Waals surface area contributed by atoms with Crippen molar-refractivity contribution in [2.75, 3.05) is 39.3 Å². The second kappa shape index (κ2) is 32.3. The summed E-state index contributed by atoms with van der Waals surface area (Å²) in [6, 6.07) is 0. The molecule has 5 heteroatoms. The van der Waals surface area contributed by atoms with E-state index in [0.29, 0.717) is 13.0 Å². The number of ether oxygens (including phenoxy) is 1. The Morgan fingerprint density at radius 2 is 0.872 bits per heavy atom. The van der Waals surface area contributed by atoms with Gasteiger partial charge in [-0.3, -0.25) is 4.79 Å². The lowest BCUT2D eigenvalue weighted by molar-refractivity contribution is -0.133. The fraction of sp³-hybridized carbons (Fsp3) is 0.971. The minimum atomic E-state index is -0.676. The van der Waals surface area contributed by atoms with Gasteiger partial charge in [0.25, 0.3) is 0 Å². The van der Waals surface area contributed by atoms with Crippen molar-refractivity contribution in [2.24, 2.45) is 0 Å². The predicted octanol–water partition coefficient (Wildman–Crippen LogP) is 11.3. The van der Waals surface area contributed by atoms with Gasteiger partial charge in [0.2, 0.25) is 5.91 Å². The van der Waals surface area contributed by atoms with Crippen LogP contribution in [0.2, 0.25) is 0 Å². The molecule has 0 heterocycles. The van der Waals surface area contributed by atoms with Crippen molar-refractivity contribution in [3.8, 4) is 0 Å². The molecule has 0 aliphatic carbocycles. The highest BCUT2D eigenvalue weighted by Gasteiger charge is 2.15. The first-order valence-electron chi connectivity index (χ1n) is 17.3. The van der Waals surface area contributed by atoms with Crippen molar-refractivity contribution in [1.82, 2.24) is 4.90 Å². The zero-order valence-electron chi connectivity index (χ0n) is 27.1. The average Bonchev–Trinajstić information content (AvgIpc) is 2.94. The molecule has 4 nitrogen and oxygen atoms in total. The largest absolute Gasteiger partial charge is 0.375 e. The maximum absolute atomic E-state index is 13.0. The Morgan fingerprint density at radius 3 is 1.21 bits per heavy atom. The average molecular weight is 572 g/mol. The molecule has 39 heavy (non-hydrogen) atoms. The van der Waals surface area contributed by atoms with Crippen LogP contribution in [0.15, 0.2) is 0 Å². The molecule has 1 amide bonds. The van der Waals surface area contributed by atoms with Crippen LogP contribution in [-0.2, 0) is 14.1 Å². The Bertz CT molecular complexity index is 463. The SMILES string of the molecule is CCCCCCCCCCCCCCN(CCCCCCCCCCCCCC)C(=O)COP(C)COCC. The quantitative estimate of drug-likeness (QED) is 0.0595. The number of carbonyl (C=O) groups is 1. The number of amides is 1. The van der Waals surface area contributed by atoms with Crippen LogP contribution in [-0.4, -0.2) is 50.1 Å². The number of hydrogen-bond donors (Lipinski definition) is 0. The predicted molar refractivity (Wildman–Crippen MR) is 174 cm³/mol. The lowest BCUT2D eigenvalue weighted by atomic mass is 10.0. The van der Waals surface area contributed by atoms with Crippen molar-refractivity contribution in [2.45, 2.75) is 175 Å². The summed E-state index contributed by atoms with van der Waals surface area (Å²) < 4.78 is 11.3. The first-order chi connectivity index (χ1) is 19.2. The standard InChI is InChI=1S/C34H70NO3P/c1-5-8-10-12-14-16-18-20-22-24-26-28-30-35(34(36)32-38-39(4)33-37-7-3)31-29-27-25-23-21-19-17-15-13-11-9-6-2/h5-33H2,1-4H3. The molecule has 0 aromatic heterocycles. The van der Waals surface area contributed by atoms with Gasteiger partial charge in [-0.05, 0) is 26.4 Å². The Hall–Kier alpha value is -0.180. The molecule has 0 N–H and O–H groups in total. The Morgan fingerprint density at radius 1 is 0.538 bits per heavy atom. The molecule has 0 saturated heterocycles. The molecule has 0 bridgehead atoms. The molecule has 0 fully saturated rings. The summed E-state index contributed by atoms with van der Waals surface area (Å²) in [6.07, 6.45) is 33.0. The monoisotopic (exact) mass is 572 g/mol. The lowest BCUT2D eigenvalue weighted by Crippen LogP contribution is -2.35. The fourth-order valence-electron chi connectivity index (χ4n) is 5.16. The van der Waals surface area contributed by atoms with E-state index in [0.717, 1.165) is 25.9 Å². The summed E-state index contributed by atoms with van der Waals surface area (Å²) in [4.78, 5) is 15.1. The van der Waals surface area contributed by atoms with E-state index >= 15 is 0 Å². The molecule has 0 aromatic carbocycles. The number of unbranched alkanes of at least 4 members (excludes halogenated alkanes) is 22. The van der Waals surface area contributed by atoms with Gasteiger partial charge in [-0.2, -0.15) is 0 Å². The molecular formula is C34H70NO3P.